The highest BCUT2D eigenvalue weighted by atomic mass is 19.4. The second kappa shape index (κ2) is 9.40. The molecule has 1 aliphatic heterocycles. The van der Waals surface area contributed by atoms with Gasteiger partial charge < -0.3 is 9.64 Å². The molecule has 174 valence electrons. The van der Waals surface area contributed by atoms with Crippen molar-refractivity contribution in [2.24, 2.45) is 10.4 Å². The first-order valence-electron chi connectivity index (χ1n) is 10.5. The van der Waals surface area contributed by atoms with Crippen molar-refractivity contribution < 1.29 is 22.3 Å². The van der Waals surface area contributed by atoms with Crippen LogP contribution in [-0.2, 0) is 11.3 Å². The van der Waals surface area contributed by atoms with Crippen LogP contribution in [0.4, 0.5) is 23.2 Å². The third kappa shape index (κ3) is 5.28. The minimum atomic E-state index is -4.46. The fourth-order valence-electron chi connectivity index (χ4n) is 3.41. The molecule has 0 spiro atoms. The van der Waals surface area contributed by atoms with Crippen molar-refractivity contribution in [3.8, 4) is 11.8 Å². The number of alkyl halides is 3. The van der Waals surface area contributed by atoms with Gasteiger partial charge in [0.15, 0.2) is 0 Å². The van der Waals surface area contributed by atoms with E-state index in [0.29, 0.717) is 52.6 Å². The van der Waals surface area contributed by atoms with E-state index in [1.807, 2.05) is 11.0 Å². The standard InChI is InChI=1S/C26H26F4N2O/c1-17(2)31-24(23-18(3)8-6-10-21(23)27)32-14-15-33-16-20-19(9-7-11-22(20)32)12-13-25(4,5)26(28,29)30/h6-11H,1,14-16H2,2-5H3. The van der Waals surface area contributed by atoms with Crippen LogP contribution in [0.15, 0.2) is 53.7 Å². The molecule has 0 radical (unpaired) electrons. The molecule has 0 saturated carbocycles. The van der Waals surface area contributed by atoms with Crippen LogP contribution in [0.25, 0.3) is 0 Å². The van der Waals surface area contributed by atoms with Gasteiger partial charge in [0.25, 0.3) is 0 Å². The average molecular weight is 458 g/mol. The van der Waals surface area contributed by atoms with Crippen LogP contribution in [0.3, 0.4) is 0 Å². The fraction of sp³-hybridized carbons (Fsp3) is 0.346. The van der Waals surface area contributed by atoms with E-state index in [4.69, 9.17) is 4.74 Å². The van der Waals surface area contributed by atoms with Crippen LogP contribution in [0.2, 0.25) is 0 Å². The maximum atomic E-state index is 14.9. The number of halogens is 4. The molecular formula is C26H26F4N2O. The minimum absolute atomic E-state index is 0.166. The van der Waals surface area contributed by atoms with Gasteiger partial charge in [0, 0.05) is 29.1 Å². The molecule has 3 rings (SSSR count). The van der Waals surface area contributed by atoms with Gasteiger partial charge in [-0.05, 0) is 51.5 Å². The first kappa shape index (κ1) is 24.5. The van der Waals surface area contributed by atoms with Crippen molar-refractivity contribution in [3.63, 3.8) is 0 Å². The highest BCUT2D eigenvalue weighted by Crippen LogP contribution is 2.37. The monoisotopic (exact) mass is 458 g/mol. The maximum Gasteiger partial charge on any atom is 0.404 e. The second-order valence-corrected chi connectivity index (χ2v) is 8.48. The zero-order chi connectivity index (χ0) is 24.4. The van der Waals surface area contributed by atoms with Gasteiger partial charge in [-0.15, -0.1) is 0 Å². The first-order chi connectivity index (χ1) is 15.4. The van der Waals surface area contributed by atoms with Crippen LogP contribution in [0, 0.1) is 30.0 Å². The fourth-order valence-corrected chi connectivity index (χ4v) is 3.41. The topological polar surface area (TPSA) is 24.8 Å². The normalized spacial score (nSPS) is 14.8. The summed E-state index contributed by atoms with van der Waals surface area (Å²) >= 11 is 0. The molecule has 7 heteroatoms. The number of hydrogen-bond donors (Lipinski definition) is 0. The molecular weight excluding hydrogens is 432 g/mol. The lowest BCUT2D eigenvalue weighted by Gasteiger charge is -2.27. The second-order valence-electron chi connectivity index (χ2n) is 8.48. The first-order valence-corrected chi connectivity index (χ1v) is 10.5. The summed E-state index contributed by atoms with van der Waals surface area (Å²) in [6.07, 6.45) is -4.46. The summed E-state index contributed by atoms with van der Waals surface area (Å²) < 4.78 is 60.6. The Morgan fingerprint density at radius 3 is 2.48 bits per heavy atom. The number of benzene rings is 2. The summed E-state index contributed by atoms with van der Waals surface area (Å²) in [7, 11) is 0. The van der Waals surface area contributed by atoms with Crippen molar-refractivity contribution >= 4 is 11.5 Å². The van der Waals surface area contributed by atoms with E-state index in [-0.39, 0.29) is 6.61 Å². The van der Waals surface area contributed by atoms with Crippen molar-refractivity contribution in [2.75, 3.05) is 18.1 Å². The summed E-state index contributed by atoms with van der Waals surface area (Å²) in [6.45, 7) is 10.3. The number of aryl methyl sites for hydroxylation is 1. The summed E-state index contributed by atoms with van der Waals surface area (Å²) in [5.74, 6) is 5.00. The zero-order valence-electron chi connectivity index (χ0n) is 19.1. The Labute approximate surface area is 191 Å². The third-order valence-corrected chi connectivity index (χ3v) is 5.36. The number of nitrogens with zero attached hydrogens (tertiary/aromatic N) is 2. The van der Waals surface area contributed by atoms with Crippen LogP contribution < -0.4 is 4.90 Å². The molecule has 0 saturated heterocycles. The molecule has 0 unspecified atom stereocenters. The highest BCUT2D eigenvalue weighted by molar-refractivity contribution is 6.12. The number of allylic oxidation sites excluding steroid dienone is 1. The summed E-state index contributed by atoms with van der Waals surface area (Å²) in [6, 6.07) is 9.98. The quantitative estimate of drug-likeness (QED) is 0.225. The number of anilines is 1. The molecule has 2 aromatic carbocycles. The zero-order valence-corrected chi connectivity index (χ0v) is 19.1. The van der Waals surface area contributed by atoms with E-state index in [9.17, 15) is 17.6 Å². The Bertz CT molecular complexity index is 1130. The van der Waals surface area contributed by atoms with Crippen LogP contribution in [0.1, 0.15) is 43.0 Å². The molecule has 0 N–H and O–H groups in total. The van der Waals surface area contributed by atoms with Crippen molar-refractivity contribution in [2.45, 2.75) is 40.5 Å². The molecule has 0 amide bonds. The number of aliphatic imine (C=N–C) groups is 1. The lowest BCUT2D eigenvalue weighted by Crippen LogP contribution is -2.35. The molecule has 33 heavy (non-hydrogen) atoms. The maximum absolute atomic E-state index is 14.9. The molecule has 1 aliphatic rings. The smallest absolute Gasteiger partial charge is 0.375 e. The van der Waals surface area contributed by atoms with Crippen molar-refractivity contribution in [1.29, 1.82) is 0 Å². The SMILES string of the molecule is C=C(C)N=C(c1c(C)cccc1F)N1CCOCc2c(C#CC(C)(C)C(F)(F)F)cccc21. The Kier molecular flexibility index (Phi) is 6.99. The predicted octanol–water partition coefficient (Wildman–Crippen LogP) is 6.39. The van der Waals surface area contributed by atoms with Crippen LogP contribution in [-0.4, -0.2) is 25.2 Å². The average Bonchev–Trinajstić information content (AvgIpc) is 2.93. The molecule has 0 aromatic heterocycles. The van der Waals surface area contributed by atoms with Gasteiger partial charge >= 0.3 is 6.18 Å². The van der Waals surface area contributed by atoms with Crippen molar-refractivity contribution in [1.82, 2.24) is 0 Å². The lowest BCUT2D eigenvalue weighted by molar-refractivity contribution is -0.190. The molecule has 2 aromatic rings. The Balaban J connectivity index is 2.19. The van der Waals surface area contributed by atoms with E-state index in [1.54, 1.807) is 38.1 Å². The molecule has 1 heterocycles. The highest BCUT2D eigenvalue weighted by Gasteiger charge is 2.46. The molecule has 0 bridgehead atoms. The summed E-state index contributed by atoms with van der Waals surface area (Å²) in [5.41, 5.74) is 1.07. The van der Waals surface area contributed by atoms with E-state index in [2.05, 4.69) is 23.4 Å². The summed E-state index contributed by atoms with van der Waals surface area (Å²) in [4.78, 5) is 6.37. The van der Waals surface area contributed by atoms with Crippen LogP contribution in [0.5, 0.6) is 0 Å². The van der Waals surface area contributed by atoms with Gasteiger partial charge in [0.2, 0.25) is 0 Å². The summed E-state index contributed by atoms with van der Waals surface area (Å²) in [5, 5.41) is 0. The van der Waals surface area contributed by atoms with E-state index < -0.39 is 17.4 Å². The molecule has 0 fully saturated rings. The van der Waals surface area contributed by atoms with Gasteiger partial charge in [-0.3, -0.25) is 0 Å². The molecule has 0 atom stereocenters. The van der Waals surface area contributed by atoms with E-state index >= 15 is 0 Å². The lowest BCUT2D eigenvalue weighted by atomic mass is 9.92. The molecule has 0 aliphatic carbocycles. The van der Waals surface area contributed by atoms with Gasteiger partial charge in [-0.1, -0.05) is 36.6 Å². The van der Waals surface area contributed by atoms with E-state index in [0.717, 1.165) is 13.8 Å². The number of amidine groups is 1. The number of ether oxygens (including phenoxy) is 1. The largest absolute Gasteiger partial charge is 0.404 e. The third-order valence-electron chi connectivity index (χ3n) is 5.36. The molecule has 3 nitrogen and oxygen atoms in total. The Hall–Kier alpha value is -3.11. The van der Waals surface area contributed by atoms with Crippen molar-refractivity contribution in [3.05, 3.63) is 76.7 Å². The van der Waals surface area contributed by atoms with Gasteiger partial charge in [0.05, 0.1) is 18.8 Å². The van der Waals surface area contributed by atoms with Crippen LogP contribution >= 0.6 is 0 Å². The number of fused-ring (bicyclic) bond motifs is 1. The number of hydrogen-bond acceptors (Lipinski definition) is 2. The Morgan fingerprint density at radius 2 is 1.85 bits per heavy atom. The Morgan fingerprint density at radius 1 is 1.15 bits per heavy atom. The minimum Gasteiger partial charge on any atom is -0.375 e. The van der Waals surface area contributed by atoms with Gasteiger partial charge in [0.1, 0.15) is 17.1 Å². The van der Waals surface area contributed by atoms with Gasteiger partial charge in [-0.25, -0.2) is 9.38 Å². The number of rotatable bonds is 2. The predicted molar refractivity (Wildman–Crippen MR) is 123 cm³/mol. The van der Waals surface area contributed by atoms with E-state index in [1.165, 1.54) is 6.07 Å². The van der Waals surface area contributed by atoms with Gasteiger partial charge in [-0.2, -0.15) is 13.2 Å².